The quantitative estimate of drug-likeness (QED) is 0.305. The summed E-state index contributed by atoms with van der Waals surface area (Å²) in [7, 11) is 0. The molecule has 5 rings (SSSR count). The van der Waals surface area contributed by atoms with Crippen molar-refractivity contribution in [1.82, 2.24) is 0 Å². The number of rotatable bonds is 1. The Labute approximate surface area is 134 Å². The molecule has 0 aliphatic rings. The van der Waals surface area contributed by atoms with Crippen LogP contribution >= 0.6 is 0 Å². The van der Waals surface area contributed by atoms with Crippen LogP contribution in [-0.4, -0.2) is 0 Å². The predicted molar refractivity (Wildman–Crippen MR) is 100.0 cm³/mol. The minimum Gasteiger partial charge on any atom is -0.398 e. The van der Waals surface area contributed by atoms with Crippen molar-refractivity contribution in [2.45, 2.75) is 0 Å². The molecule has 0 aliphatic heterocycles. The Morgan fingerprint density at radius 1 is 0.565 bits per heavy atom. The molecule has 23 heavy (non-hydrogen) atoms. The third kappa shape index (κ3) is 1.68. The van der Waals surface area contributed by atoms with Crippen LogP contribution in [0.15, 0.2) is 78.9 Å². The third-order valence-electron chi connectivity index (χ3n) is 4.77. The van der Waals surface area contributed by atoms with Crippen LogP contribution in [0.4, 0.5) is 5.69 Å². The molecule has 0 aliphatic carbocycles. The van der Waals surface area contributed by atoms with Gasteiger partial charge in [-0.05, 0) is 38.6 Å². The van der Waals surface area contributed by atoms with Crippen molar-refractivity contribution >= 4 is 38.0 Å². The normalized spacial score (nSPS) is 11.7. The van der Waals surface area contributed by atoms with Gasteiger partial charge >= 0.3 is 0 Å². The van der Waals surface area contributed by atoms with E-state index in [-0.39, 0.29) is 0 Å². The highest BCUT2D eigenvalue weighted by Gasteiger charge is 2.13. The molecule has 0 unspecified atom stereocenters. The standard InChI is InChI=1S/C22H15N/c23-22-18-12-11-16-8-4-7-15-9-10-17(21(18)20(15)16)13-19(22)14-5-2-1-3-6-14/h1-13H,23H2. The lowest BCUT2D eigenvalue weighted by Crippen LogP contribution is -1.94. The van der Waals surface area contributed by atoms with Gasteiger partial charge in [0.25, 0.3) is 0 Å². The molecule has 108 valence electrons. The van der Waals surface area contributed by atoms with Crippen molar-refractivity contribution in [2.75, 3.05) is 5.73 Å². The number of nitrogen functional groups attached to an aromatic ring is 1. The number of benzene rings is 5. The van der Waals surface area contributed by atoms with Crippen LogP contribution in [0.3, 0.4) is 0 Å². The first-order valence-electron chi connectivity index (χ1n) is 7.84. The van der Waals surface area contributed by atoms with Gasteiger partial charge in [-0.25, -0.2) is 0 Å². The maximum absolute atomic E-state index is 6.56. The molecular weight excluding hydrogens is 278 g/mol. The predicted octanol–water partition coefficient (Wildman–Crippen LogP) is 5.83. The molecule has 0 heterocycles. The van der Waals surface area contributed by atoms with Gasteiger partial charge in [0.15, 0.2) is 0 Å². The second-order valence-electron chi connectivity index (χ2n) is 6.06. The van der Waals surface area contributed by atoms with E-state index in [0.717, 1.165) is 22.2 Å². The second kappa shape index (κ2) is 4.47. The first kappa shape index (κ1) is 12.5. The molecule has 0 atom stereocenters. The zero-order valence-electron chi connectivity index (χ0n) is 12.6. The Kier molecular flexibility index (Phi) is 2.42. The van der Waals surface area contributed by atoms with E-state index in [2.05, 4.69) is 72.8 Å². The Morgan fingerprint density at radius 3 is 2.04 bits per heavy atom. The van der Waals surface area contributed by atoms with Gasteiger partial charge in [0.2, 0.25) is 0 Å². The summed E-state index contributed by atoms with van der Waals surface area (Å²) in [6.07, 6.45) is 0. The number of hydrogen-bond acceptors (Lipinski definition) is 1. The maximum atomic E-state index is 6.56. The molecule has 0 spiro atoms. The summed E-state index contributed by atoms with van der Waals surface area (Å²) < 4.78 is 0. The van der Waals surface area contributed by atoms with Gasteiger partial charge in [0.05, 0.1) is 0 Å². The lowest BCUT2D eigenvalue weighted by atomic mass is 9.90. The van der Waals surface area contributed by atoms with E-state index >= 15 is 0 Å². The van der Waals surface area contributed by atoms with Crippen LogP contribution in [0.5, 0.6) is 0 Å². The molecule has 0 amide bonds. The van der Waals surface area contributed by atoms with Crippen molar-refractivity contribution in [3.05, 3.63) is 78.9 Å². The zero-order valence-corrected chi connectivity index (χ0v) is 12.6. The second-order valence-corrected chi connectivity index (χ2v) is 6.06. The van der Waals surface area contributed by atoms with Crippen LogP contribution in [-0.2, 0) is 0 Å². The zero-order chi connectivity index (χ0) is 15.4. The average Bonchev–Trinajstić information content (AvgIpc) is 2.62. The lowest BCUT2D eigenvalue weighted by molar-refractivity contribution is 1.65. The van der Waals surface area contributed by atoms with E-state index in [1.165, 1.54) is 26.9 Å². The van der Waals surface area contributed by atoms with Gasteiger partial charge in [-0.2, -0.15) is 0 Å². The highest BCUT2D eigenvalue weighted by atomic mass is 14.6. The fraction of sp³-hybridized carbons (Fsp3) is 0. The van der Waals surface area contributed by atoms with Crippen LogP contribution in [0, 0.1) is 0 Å². The number of nitrogens with two attached hydrogens (primary N) is 1. The van der Waals surface area contributed by atoms with Gasteiger partial charge < -0.3 is 5.73 Å². The monoisotopic (exact) mass is 293 g/mol. The van der Waals surface area contributed by atoms with Crippen molar-refractivity contribution in [3.8, 4) is 11.1 Å². The van der Waals surface area contributed by atoms with E-state index < -0.39 is 0 Å². The first-order valence-corrected chi connectivity index (χ1v) is 7.84. The molecule has 0 fully saturated rings. The molecule has 1 heteroatoms. The Morgan fingerprint density at radius 2 is 1.26 bits per heavy atom. The summed E-state index contributed by atoms with van der Waals surface area (Å²) >= 11 is 0. The molecule has 1 nitrogen and oxygen atoms in total. The van der Waals surface area contributed by atoms with Crippen molar-refractivity contribution in [3.63, 3.8) is 0 Å². The summed E-state index contributed by atoms with van der Waals surface area (Å²) in [6, 6.07) is 27.8. The lowest BCUT2D eigenvalue weighted by Gasteiger charge is -2.15. The molecule has 2 N–H and O–H groups in total. The molecule has 5 aromatic rings. The Balaban J connectivity index is 2.00. The number of anilines is 1. The summed E-state index contributed by atoms with van der Waals surface area (Å²) in [4.78, 5) is 0. The summed E-state index contributed by atoms with van der Waals surface area (Å²) in [5.74, 6) is 0. The van der Waals surface area contributed by atoms with Gasteiger partial charge in [-0.1, -0.05) is 72.8 Å². The fourth-order valence-corrected chi connectivity index (χ4v) is 3.69. The van der Waals surface area contributed by atoms with Crippen LogP contribution in [0.25, 0.3) is 43.4 Å². The highest BCUT2D eigenvalue weighted by Crippen LogP contribution is 2.41. The molecule has 0 saturated carbocycles. The Bertz CT molecular complexity index is 1140. The van der Waals surface area contributed by atoms with Crippen molar-refractivity contribution in [1.29, 1.82) is 0 Å². The van der Waals surface area contributed by atoms with Gasteiger partial charge in [0, 0.05) is 16.6 Å². The topological polar surface area (TPSA) is 26.0 Å². The fourth-order valence-electron chi connectivity index (χ4n) is 3.69. The minimum absolute atomic E-state index is 0.863. The smallest absolute Gasteiger partial charge is 0.0474 e. The molecule has 0 radical (unpaired) electrons. The van der Waals surface area contributed by atoms with Crippen molar-refractivity contribution < 1.29 is 0 Å². The van der Waals surface area contributed by atoms with E-state index in [1.807, 2.05) is 6.07 Å². The molecule has 0 bridgehead atoms. The van der Waals surface area contributed by atoms with Crippen LogP contribution in [0.2, 0.25) is 0 Å². The molecular formula is C22H15N. The van der Waals surface area contributed by atoms with Gasteiger partial charge in [0.1, 0.15) is 0 Å². The van der Waals surface area contributed by atoms with E-state index in [9.17, 15) is 0 Å². The first-order chi connectivity index (χ1) is 11.3. The average molecular weight is 293 g/mol. The van der Waals surface area contributed by atoms with Crippen LogP contribution < -0.4 is 5.73 Å². The largest absolute Gasteiger partial charge is 0.398 e. The van der Waals surface area contributed by atoms with E-state index in [1.54, 1.807) is 0 Å². The summed E-state index contributed by atoms with van der Waals surface area (Å²) in [5, 5.41) is 7.52. The van der Waals surface area contributed by atoms with Crippen molar-refractivity contribution in [2.24, 2.45) is 0 Å². The molecule has 0 aromatic heterocycles. The third-order valence-corrected chi connectivity index (χ3v) is 4.77. The maximum Gasteiger partial charge on any atom is 0.0474 e. The SMILES string of the molecule is Nc1c(-c2ccccc2)cc2ccc3cccc4ccc1c2c34. The van der Waals surface area contributed by atoms with Gasteiger partial charge in [-0.3, -0.25) is 0 Å². The molecule has 0 saturated heterocycles. The number of hydrogen-bond donors (Lipinski definition) is 1. The molecule has 5 aromatic carbocycles. The summed E-state index contributed by atoms with van der Waals surface area (Å²) in [5.41, 5.74) is 9.69. The van der Waals surface area contributed by atoms with Crippen LogP contribution in [0.1, 0.15) is 0 Å². The Hall–Kier alpha value is -3.06. The highest BCUT2D eigenvalue weighted by molar-refractivity contribution is 6.26. The summed E-state index contributed by atoms with van der Waals surface area (Å²) in [6.45, 7) is 0. The van der Waals surface area contributed by atoms with E-state index in [0.29, 0.717) is 0 Å². The minimum atomic E-state index is 0.863. The van der Waals surface area contributed by atoms with E-state index in [4.69, 9.17) is 5.73 Å². The van der Waals surface area contributed by atoms with Gasteiger partial charge in [-0.15, -0.1) is 0 Å².